The highest BCUT2D eigenvalue weighted by atomic mass is 32.2. The second-order valence-electron chi connectivity index (χ2n) is 8.29. The number of guanidine groups is 1. The van der Waals surface area contributed by atoms with Crippen LogP contribution in [-0.4, -0.2) is 75.7 Å². The maximum Gasteiger partial charge on any atom is 0.191 e. The monoisotopic (exact) mass is 442 g/mol. The molecule has 2 rings (SSSR count). The molecule has 1 aromatic rings. The number of sulfone groups is 1. The summed E-state index contributed by atoms with van der Waals surface area (Å²) in [5.74, 6) is 0.339. The van der Waals surface area contributed by atoms with E-state index in [-0.39, 0.29) is 24.2 Å². The fourth-order valence-electron chi connectivity index (χ4n) is 3.14. The molecule has 0 radical (unpaired) electrons. The summed E-state index contributed by atoms with van der Waals surface area (Å²) >= 11 is 0. The van der Waals surface area contributed by atoms with Gasteiger partial charge in [-0.15, -0.1) is 0 Å². The molecule has 1 heterocycles. The molecule has 7 nitrogen and oxygen atoms in total. The highest BCUT2D eigenvalue weighted by molar-refractivity contribution is 7.92. The number of nitrogens with one attached hydrogen (secondary N) is 2. The van der Waals surface area contributed by atoms with Crippen molar-refractivity contribution in [1.29, 1.82) is 0 Å². The predicted octanol–water partition coefficient (Wildman–Crippen LogP) is 1.97. The van der Waals surface area contributed by atoms with Gasteiger partial charge in [-0.1, -0.05) is 12.1 Å². The van der Waals surface area contributed by atoms with E-state index in [2.05, 4.69) is 15.5 Å². The highest BCUT2D eigenvalue weighted by Gasteiger charge is 2.28. The highest BCUT2D eigenvalue weighted by Crippen LogP contribution is 2.23. The first-order valence-corrected chi connectivity index (χ1v) is 12.1. The summed E-state index contributed by atoms with van der Waals surface area (Å²) in [6.45, 7) is 11.4. The lowest BCUT2D eigenvalue weighted by Gasteiger charge is -2.34. The van der Waals surface area contributed by atoms with Crippen molar-refractivity contribution in [3.8, 4) is 0 Å². The predicted molar refractivity (Wildman–Crippen MR) is 119 cm³/mol. The van der Waals surface area contributed by atoms with Gasteiger partial charge in [0, 0.05) is 26.2 Å². The number of halogens is 1. The van der Waals surface area contributed by atoms with Gasteiger partial charge in [-0.25, -0.2) is 12.8 Å². The molecule has 1 aliphatic heterocycles. The summed E-state index contributed by atoms with van der Waals surface area (Å²) in [6, 6.07) is 6.51. The van der Waals surface area contributed by atoms with Crippen LogP contribution in [0.25, 0.3) is 0 Å². The van der Waals surface area contributed by atoms with Gasteiger partial charge in [0.25, 0.3) is 0 Å². The van der Waals surface area contributed by atoms with E-state index >= 15 is 0 Å². The topological polar surface area (TPSA) is 83.0 Å². The molecule has 1 fully saturated rings. The first-order chi connectivity index (χ1) is 14.1. The SMILES string of the molecule is CCNC(=NCC(c1ccc(F)cc1)N1CCOCC1)NCCS(=O)(=O)C(C)(C)C. The van der Waals surface area contributed by atoms with Gasteiger partial charge >= 0.3 is 0 Å². The van der Waals surface area contributed by atoms with Crippen LogP contribution in [0.2, 0.25) is 0 Å². The van der Waals surface area contributed by atoms with Crippen molar-refractivity contribution in [2.75, 3.05) is 51.7 Å². The smallest absolute Gasteiger partial charge is 0.191 e. The standard InChI is InChI=1S/C21H35FN4O3S/c1-5-23-20(24-10-15-30(27,28)21(2,3)4)25-16-19(26-11-13-29-14-12-26)17-6-8-18(22)9-7-17/h6-9,19H,5,10-16H2,1-4H3,(H2,23,24,25). The van der Waals surface area contributed by atoms with E-state index in [1.807, 2.05) is 6.92 Å². The molecule has 1 aliphatic rings. The van der Waals surface area contributed by atoms with Gasteiger partial charge in [0.1, 0.15) is 5.82 Å². The summed E-state index contributed by atoms with van der Waals surface area (Å²) in [5, 5.41) is 6.29. The van der Waals surface area contributed by atoms with E-state index in [1.54, 1.807) is 32.9 Å². The Morgan fingerprint density at radius 3 is 2.40 bits per heavy atom. The average molecular weight is 443 g/mol. The third-order valence-electron chi connectivity index (χ3n) is 5.10. The van der Waals surface area contributed by atoms with Crippen molar-refractivity contribution >= 4 is 15.8 Å². The molecule has 1 atom stereocenters. The van der Waals surface area contributed by atoms with E-state index in [4.69, 9.17) is 9.73 Å². The molecule has 0 bridgehead atoms. The summed E-state index contributed by atoms with van der Waals surface area (Å²) in [6.07, 6.45) is 0. The number of morpholine rings is 1. The molecule has 1 aromatic carbocycles. The number of ether oxygens (including phenoxy) is 1. The molecule has 0 spiro atoms. The number of rotatable bonds is 8. The van der Waals surface area contributed by atoms with Crippen LogP contribution in [0, 0.1) is 5.82 Å². The molecule has 0 amide bonds. The van der Waals surface area contributed by atoms with Gasteiger partial charge in [0.2, 0.25) is 0 Å². The molecular weight excluding hydrogens is 407 g/mol. The van der Waals surface area contributed by atoms with E-state index in [1.165, 1.54) is 12.1 Å². The summed E-state index contributed by atoms with van der Waals surface area (Å²) in [4.78, 5) is 6.98. The largest absolute Gasteiger partial charge is 0.379 e. The summed E-state index contributed by atoms with van der Waals surface area (Å²) in [5.41, 5.74) is 0.994. The fraction of sp³-hybridized carbons (Fsp3) is 0.667. The minimum Gasteiger partial charge on any atom is -0.379 e. The van der Waals surface area contributed by atoms with E-state index in [9.17, 15) is 12.8 Å². The Morgan fingerprint density at radius 1 is 1.20 bits per heavy atom. The zero-order valence-corrected chi connectivity index (χ0v) is 19.3. The van der Waals surface area contributed by atoms with Gasteiger partial charge in [-0.05, 0) is 45.4 Å². The third-order valence-corrected chi connectivity index (χ3v) is 7.71. The molecule has 0 aromatic heterocycles. The lowest BCUT2D eigenvalue weighted by Crippen LogP contribution is -2.43. The van der Waals surface area contributed by atoms with Gasteiger partial charge < -0.3 is 15.4 Å². The first-order valence-electron chi connectivity index (χ1n) is 10.5. The molecule has 30 heavy (non-hydrogen) atoms. The minimum atomic E-state index is -3.21. The maximum absolute atomic E-state index is 13.4. The Labute approximate surface area is 180 Å². The van der Waals surface area contributed by atoms with Crippen molar-refractivity contribution in [2.45, 2.75) is 38.5 Å². The Balaban J connectivity index is 2.09. The van der Waals surface area contributed by atoms with Crippen molar-refractivity contribution in [1.82, 2.24) is 15.5 Å². The van der Waals surface area contributed by atoms with Gasteiger partial charge in [-0.2, -0.15) is 0 Å². The van der Waals surface area contributed by atoms with Crippen LogP contribution in [0.5, 0.6) is 0 Å². The molecule has 0 aliphatic carbocycles. The lowest BCUT2D eigenvalue weighted by molar-refractivity contribution is 0.0179. The van der Waals surface area contributed by atoms with Gasteiger partial charge in [0.05, 0.1) is 36.3 Å². The van der Waals surface area contributed by atoms with E-state index < -0.39 is 14.6 Å². The minimum absolute atomic E-state index is 0.0109. The quantitative estimate of drug-likeness (QED) is 0.473. The third kappa shape index (κ3) is 7.21. The molecule has 170 valence electrons. The zero-order valence-electron chi connectivity index (χ0n) is 18.4. The van der Waals surface area contributed by atoms with Crippen LogP contribution in [0.4, 0.5) is 4.39 Å². The van der Waals surface area contributed by atoms with Crippen molar-refractivity contribution < 1.29 is 17.5 Å². The number of hydrogen-bond donors (Lipinski definition) is 2. The molecule has 1 unspecified atom stereocenters. The second-order valence-corrected chi connectivity index (χ2v) is 11.2. The van der Waals surface area contributed by atoms with Crippen molar-refractivity contribution in [2.24, 2.45) is 4.99 Å². The van der Waals surface area contributed by atoms with Gasteiger partial charge in [0.15, 0.2) is 15.8 Å². The van der Waals surface area contributed by atoms with Crippen LogP contribution in [0.1, 0.15) is 39.3 Å². The van der Waals surface area contributed by atoms with Crippen LogP contribution < -0.4 is 10.6 Å². The molecule has 0 saturated carbocycles. The number of benzene rings is 1. The maximum atomic E-state index is 13.4. The number of hydrogen-bond acceptors (Lipinski definition) is 5. The van der Waals surface area contributed by atoms with Gasteiger partial charge in [-0.3, -0.25) is 9.89 Å². The van der Waals surface area contributed by atoms with E-state index in [0.29, 0.717) is 32.3 Å². The molecular formula is C21H35FN4O3S. The first kappa shape index (κ1) is 24.6. The van der Waals surface area contributed by atoms with Crippen molar-refractivity contribution in [3.05, 3.63) is 35.6 Å². The normalized spacial score (nSPS) is 17.6. The van der Waals surface area contributed by atoms with Crippen LogP contribution in [0.3, 0.4) is 0 Å². The molecule has 1 saturated heterocycles. The van der Waals surface area contributed by atoms with Crippen LogP contribution >= 0.6 is 0 Å². The second kappa shape index (κ2) is 11.1. The van der Waals surface area contributed by atoms with Crippen molar-refractivity contribution in [3.63, 3.8) is 0 Å². The Morgan fingerprint density at radius 2 is 1.83 bits per heavy atom. The van der Waals surface area contributed by atoms with Crippen LogP contribution in [-0.2, 0) is 14.6 Å². The molecule has 9 heteroatoms. The number of aliphatic imine (C=N–C) groups is 1. The number of nitrogens with zero attached hydrogens (tertiary/aromatic N) is 2. The lowest BCUT2D eigenvalue weighted by atomic mass is 10.0. The average Bonchev–Trinajstić information content (AvgIpc) is 2.69. The Hall–Kier alpha value is -1.71. The summed E-state index contributed by atoms with van der Waals surface area (Å²) in [7, 11) is -3.21. The Kier molecular flexibility index (Phi) is 9.06. The van der Waals surface area contributed by atoms with E-state index in [0.717, 1.165) is 18.7 Å². The molecule has 2 N–H and O–H groups in total. The fourth-order valence-corrected chi connectivity index (χ4v) is 4.12. The summed E-state index contributed by atoms with van der Waals surface area (Å²) < 4.78 is 42.7. The zero-order chi connectivity index (χ0) is 22.2. The Bertz CT molecular complexity index is 785. The van der Waals surface area contributed by atoms with Crippen LogP contribution in [0.15, 0.2) is 29.3 Å².